The van der Waals surface area contributed by atoms with Crippen molar-refractivity contribution >= 4 is 44.9 Å². The maximum absolute atomic E-state index is 12.4. The Bertz CT molecular complexity index is 977. The summed E-state index contributed by atoms with van der Waals surface area (Å²) in [7, 11) is -3.67. The molecule has 0 aromatic heterocycles. The molecule has 3 N–H and O–H groups in total. The highest BCUT2D eigenvalue weighted by atomic mass is 32.2. The number of carbonyl (C=O) groups excluding carboxylic acids is 2. The van der Waals surface area contributed by atoms with Crippen LogP contribution in [0.3, 0.4) is 0 Å². The number of esters is 1. The number of benzene rings is 2. The van der Waals surface area contributed by atoms with Gasteiger partial charge in [-0.2, -0.15) is 0 Å². The van der Waals surface area contributed by atoms with Crippen LogP contribution in [0.4, 0.5) is 5.69 Å². The van der Waals surface area contributed by atoms with Crippen molar-refractivity contribution in [2.45, 2.75) is 31.2 Å². The first-order valence-corrected chi connectivity index (χ1v) is 11.1. The third-order valence-electron chi connectivity index (χ3n) is 3.85. The number of hydrogen-bond acceptors (Lipinski definition) is 6. The number of sulfonamides is 1. The lowest BCUT2D eigenvalue weighted by molar-refractivity contribution is -0.144. The van der Waals surface area contributed by atoms with Gasteiger partial charge in [0.15, 0.2) is 5.11 Å². The molecule has 0 heterocycles. The van der Waals surface area contributed by atoms with E-state index in [4.69, 9.17) is 17.0 Å². The average Bonchev–Trinajstić information content (AvgIpc) is 2.72. The molecule has 0 bridgehead atoms. The molecule has 0 saturated carbocycles. The maximum atomic E-state index is 12.4. The second kappa shape index (κ2) is 11.4. The van der Waals surface area contributed by atoms with Gasteiger partial charge in [0.25, 0.3) is 0 Å². The second-order valence-corrected chi connectivity index (χ2v) is 8.32. The molecule has 0 saturated heterocycles. The minimum absolute atomic E-state index is 0.0369. The average molecular weight is 450 g/mol. The fraction of sp³-hybridized carbons (Fsp3) is 0.250. The van der Waals surface area contributed by atoms with Gasteiger partial charge in [0.05, 0.1) is 17.9 Å². The molecule has 0 aliphatic carbocycles. The third kappa shape index (κ3) is 7.90. The fourth-order valence-electron chi connectivity index (χ4n) is 2.38. The number of carbonyl (C=O) groups is 2. The molecule has 2 aromatic rings. The molecule has 0 aliphatic rings. The van der Waals surface area contributed by atoms with Gasteiger partial charge in [-0.1, -0.05) is 30.3 Å². The largest absolute Gasteiger partial charge is 0.466 e. The van der Waals surface area contributed by atoms with E-state index in [0.29, 0.717) is 5.69 Å². The standard InChI is InChI=1S/C20H23N3O5S2/c1-2-28-19(25)13-12-18(24)23-20(29)22-16-8-10-17(11-9-16)30(26,27)21-14-15-6-4-3-5-7-15/h3-11,21H,2,12-14H2,1H3,(H2,22,23,24,29). The van der Waals surface area contributed by atoms with Crippen molar-refractivity contribution in [3.63, 3.8) is 0 Å². The summed E-state index contributed by atoms with van der Waals surface area (Å²) in [5.74, 6) is -0.880. The zero-order chi connectivity index (χ0) is 22.0. The number of rotatable bonds is 9. The quantitative estimate of drug-likeness (QED) is 0.398. The molecule has 0 aliphatic heterocycles. The molecular weight excluding hydrogens is 426 g/mol. The molecule has 160 valence electrons. The Morgan fingerprint density at radius 1 is 1.00 bits per heavy atom. The summed E-state index contributed by atoms with van der Waals surface area (Å²) in [4.78, 5) is 23.2. The van der Waals surface area contributed by atoms with Gasteiger partial charge in [0.2, 0.25) is 15.9 Å². The van der Waals surface area contributed by atoms with E-state index in [9.17, 15) is 18.0 Å². The summed E-state index contributed by atoms with van der Waals surface area (Å²) in [6, 6.07) is 15.1. The highest BCUT2D eigenvalue weighted by molar-refractivity contribution is 7.89. The van der Waals surface area contributed by atoms with Crippen molar-refractivity contribution in [2.75, 3.05) is 11.9 Å². The highest BCUT2D eigenvalue weighted by Crippen LogP contribution is 2.14. The Labute approximate surface area is 181 Å². The lowest BCUT2D eigenvalue weighted by Crippen LogP contribution is -2.34. The maximum Gasteiger partial charge on any atom is 0.306 e. The van der Waals surface area contributed by atoms with Gasteiger partial charge in [-0.05, 0) is 49.0 Å². The summed E-state index contributed by atoms with van der Waals surface area (Å²) in [6.45, 7) is 2.13. The van der Waals surface area contributed by atoms with Crippen LogP contribution >= 0.6 is 12.2 Å². The van der Waals surface area contributed by atoms with Crippen molar-refractivity contribution < 1.29 is 22.7 Å². The Morgan fingerprint density at radius 3 is 2.30 bits per heavy atom. The highest BCUT2D eigenvalue weighted by Gasteiger charge is 2.14. The topological polar surface area (TPSA) is 114 Å². The zero-order valence-electron chi connectivity index (χ0n) is 16.4. The Hall–Kier alpha value is -2.82. The van der Waals surface area contributed by atoms with Crippen LogP contribution in [0.5, 0.6) is 0 Å². The molecule has 1 amide bonds. The van der Waals surface area contributed by atoms with Crippen molar-refractivity contribution in [1.29, 1.82) is 0 Å². The molecule has 0 spiro atoms. The number of thiocarbonyl (C=S) groups is 1. The molecule has 0 fully saturated rings. The number of amides is 1. The first-order chi connectivity index (χ1) is 14.3. The van der Waals surface area contributed by atoms with E-state index in [1.165, 1.54) is 24.3 Å². The fourth-order valence-corrected chi connectivity index (χ4v) is 3.62. The van der Waals surface area contributed by atoms with Gasteiger partial charge in [0, 0.05) is 18.7 Å². The molecule has 0 unspecified atom stereocenters. The van der Waals surface area contributed by atoms with Crippen LogP contribution in [0.25, 0.3) is 0 Å². The SMILES string of the molecule is CCOC(=O)CCC(=O)NC(=S)Nc1ccc(S(=O)(=O)NCc2ccccc2)cc1. The van der Waals surface area contributed by atoms with E-state index in [0.717, 1.165) is 5.56 Å². The van der Waals surface area contributed by atoms with Gasteiger partial charge < -0.3 is 15.4 Å². The van der Waals surface area contributed by atoms with Gasteiger partial charge in [-0.3, -0.25) is 9.59 Å². The zero-order valence-corrected chi connectivity index (χ0v) is 18.0. The third-order valence-corrected chi connectivity index (χ3v) is 5.47. The lowest BCUT2D eigenvalue weighted by atomic mass is 10.2. The van der Waals surface area contributed by atoms with Gasteiger partial charge in [-0.25, -0.2) is 13.1 Å². The van der Waals surface area contributed by atoms with Gasteiger partial charge >= 0.3 is 5.97 Å². The van der Waals surface area contributed by atoms with Crippen LogP contribution in [0.2, 0.25) is 0 Å². The molecule has 10 heteroatoms. The Morgan fingerprint density at radius 2 is 1.67 bits per heavy atom. The minimum atomic E-state index is -3.67. The van der Waals surface area contributed by atoms with Crippen molar-refractivity contribution in [3.05, 3.63) is 60.2 Å². The summed E-state index contributed by atoms with van der Waals surface area (Å²) in [5, 5.41) is 5.29. The van der Waals surface area contributed by atoms with E-state index in [1.807, 2.05) is 30.3 Å². The predicted octanol–water partition coefficient (Wildman–Crippen LogP) is 2.32. The Kier molecular flexibility index (Phi) is 8.90. The first kappa shape index (κ1) is 23.5. The normalized spacial score (nSPS) is 10.8. The van der Waals surface area contributed by atoms with E-state index in [2.05, 4.69) is 15.4 Å². The molecule has 2 aromatic carbocycles. The van der Waals surface area contributed by atoms with E-state index >= 15 is 0 Å². The number of ether oxygens (including phenoxy) is 1. The van der Waals surface area contributed by atoms with E-state index < -0.39 is 21.9 Å². The smallest absolute Gasteiger partial charge is 0.306 e. The van der Waals surface area contributed by atoms with Crippen molar-refractivity contribution in [2.24, 2.45) is 0 Å². The van der Waals surface area contributed by atoms with Crippen LogP contribution in [-0.2, 0) is 30.9 Å². The summed E-state index contributed by atoms with van der Waals surface area (Å²) < 4.78 is 32.1. The first-order valence-electron chi connectivity index (χ1n) is 9.20. The van der Waals surface area contributed by atoms with Crippen molar-refractivity contribution in [3.8, 4) is 0 Å². The van der Waals surface area contributed by atoms with Gasteiger partial charge in [0.1, 0.15) is 0 Å². The van der Waals surface area contributed by atoms with Crippen molar-refractivity contribution in [1.82, 2.24) is 10.0 Å². The van der Waals surface area contributed by atoms with Gasteiger partial charge in [-0.15, -0.1) is 0 Å². The number of hydrogen-bond donors (Lipinski definition) is 3. The molecule has 8 nitrogen and oxygen atoms in total. The Balaban J connectivity index is 1.85. The molecule has 30 heavy (non-hydrogen) atoms. The predicted molar refractivity (Wildman–Crippen MR) is 117 cm³/mol. The summed E-state index contributed by atoms with van der Waals surface area (Å²) >= 11 is 5.06. The monoisotopic (exact) mass is 449 g/mol. The summed E-state index contributed by atoms with van der Waals surface area (Å²) in [5.41, 5.74) is 1.36. The molecule has 0 atom stereocenters. The molecule has 2 rings (SSSR count). The second-order valence-electron chi connectivity index (χ2n) is 6.14. The van der Waals surface area contributed by atoms with Crippen LogP contribution in [-0.4, -0.2) is 32.0 Å². The number of nitrogens with one attached hydrogen (secondary N) is 3. The molecular formula is C20H23N3O5S2. The minimum Gasteiger partial charge on any atom is -0.466 e. The summed E-state index contributed by atoms with van der Waals surface area (Å²) in [6.07, 6.45) is -0.0876. The van der Waals surface area contributed by atoms with E-state index in [1.54, 1.807) is 6.92 Å². The number of anilines is 1. The molecule has 0 radical (unpaired) electrons. The van der Waals surface area contributed by atoms with Crippen LogP contribution < -0.4 is 15.4 Å². The lowest BCUT2D eigenvalue weighted by Gasteiger charge is -2.11. The van der Waals surface area contributed by atoms with Crippen LogP contribution in [0, 0.1) is 0 Å². The van der Waals surface area contributed by atoms with Crippen LogP contribution in [0.1, 0.15) is 25.3 Å². The van der Waals surface area contributed by atoms with E-state index in [-0.39, 0.29) is 36.0 Å². The van der Waals surface area contributed by atoms with Crippen LogP contribution in [0.15, 0.2) is 59.5 Å².